The summed E-state index contributed by atoms with van der Waals surface area (Å²) in [5.74, 6) is 0.687. The van der Waals surface area contributed by atoms with Crippen molar-refractivity contribution in [3.8, 4) is 0 Å². The molecule has 100 valence electrons. The Morgan fingerprint density at radius 2 is 1.83 bits per heavy atom. The van der Waals surface area contributed by atoms with Gasteiger partial charge in [0.05, 0.1) is 0 Å². The highest BCUT2D eigenvalue weighted by Crippen LogP contribution is 2.17. The first-order valence-electron chi connectivity index (χ1n) is 6.51. The average molecular weight is 248 g/mol. The van der Waals surface area contributed by atoms with Gasteiger partial charge in [-0.1, -0.05) is 44.2 Å². The highest BCUT2D eigenvalue weighted by Gasteiger charge is 2.21. The van der Waals surface area contributed by atoms with Crippen LogP contribution in [0.25, 0.3) is 0 Å². The number of nitrogens with one attached hydrogen (secondary N) is 1. The molecular formula is C15H24N2O. The summed E-state index contributed by atoms with van der Waals surface area (Å²) in [6, 6.07) is 9.67. The van der Waals surface area contributed by atoms with Gasteiger partial charge in [-0.15, -0.1) is 0 Å². The van der Waals surface area contributed by atoms with Gasteiger partial charge in [0, 0.05) is 6.54 Å². The molecule has 0 saturated carbocycles. The maximum absolute atomic E-state index is 12.2. The molecular weight excluding hydrogens is 224 g/mol. The Morgan fingerprint density at radius 1 is 1.22 bits per heavy atom. The predicted octanol–water partition coefficient (Wildman–Crippen LogP) is 2.45. The van der Waals surface area contributed by atoms with Crippen LogP contribution in [0.2, 0.25) is 0 Å². The Morgan fingerprint density at radius 3 is 2.33 bits per heavy atom. The van der Waals surface area contributed by atoms with Gasteiger partial charge in [-0.3, -0.25) is 9.69 Å². The maximum Gasteiger partial charge on any atom is 0.241 e. The van der Waals surface area contributed by atoms with Crippen molar-refractivity contribution in [3.63, 3.8) is 0 Å². The number of benzene rings is 1. The predicted molar refractivity (Wildman–Crippen MR) is 75.3 cm³/mol. The third-order valence-corrected chi connectivity index (χ3v) is 2.90. The highest BCUT2D eigenvalue weighted by atomic mass is 16.2. The molecule has 0 aliphatic carbocycles. The van der Waals surface area contributed by atoms with E-state index in [1.165, 1.54) is 0 Å². The quantitative estimate of drug-likeness (QED) is 0.838. The van der Waals surface area contributed by atoms with Crippen molar-refractivity contribution in [2.75, 3.05) is 20.6 Å². The van der Waals surface area contributed by atoms with Crippen LogP contribution in [0, 0.1) is 5.92 Å². The molecule has 0 aliphatic rings. The lowest BCUT2D eigenvalue weighted by molar-refractivity contribution is -0.125. The van der Waals surface area contributed by atoms with E-state index in [1.54, 1.807) is 0 Å². The molecule has 0 bridgehead atoms. The molecule has 1 aromatic rings. The topological polar surface area (TPSA) is 32.3 Å². The van der Waals surface area contributed by atoms with Gasteiger partial charge in [0.25, 0.3) is 0 Å². The zero-order valence-electron chi connectivity index (χ0n) is 11.8. The molecule has 1 rings (SSSR count). The monoisotopic (exact) mass is 248 g/mol. The van der Waals surface area contributed by atoms with Crippen molar-refractivity contribution in [2.24, 2.45) is 5.92 Å². The molecule has 3 nitrogen and oxygen atoms in total. The number of hydrogen-bond donors (Lipinski definition) is 1. The minimum Gasteiger partial charge on any atom is -0.354 e. The summed E-state index contributed by atoms with van der Waals surface area (Å²) in [5.41, 5.74) is 1.03. The summed E-state index contributed by atoms with van der Waals surface area (Å²) in [6.07, 6.45) is 1.01. The molecule has 1 unspecified atom stereocenters. The number of rotatable bonds is 6. The van der Waals surface area contributed by atoms with E-state index in [4.69, 9.17) is 0 Å². The number of carbonyl (C=O) groups is 1. The molecule has 1 N–H and O–H groups in total. The summed E-state index contributed by atoms with van der Waals surface area (Å²) in [7, 11) is 3.86. The van der Waals surface area contributed by atoms with E-state index in [2.05, 4.69) is 19.2 Å². The maximum atomic E-state index is 12.2. The number of nitrogens with zero attached hydrogens (tertiary/aromatic N) is 1. The average Bonchev–Trinajstić information content (AvgIpc) is 2.29. The van der Waals surface area contributed by atoms with Crippen molar-refractivity contribution in [2.45, 2.75) is 26.3 Å². The fourth-order valence-electron chi connectivity index (χ4n) is 1.90. The van der Waals surface area contributed by atoms with Crippen LogP contribution in [0.15, 0.2) is 30.3 Å². The first kappa shape index (κ1) is 14.7. The Balaban J connectivity index is 2.65. The van der Waals surface area contributed by atoms with Gasteiger partial charge < -0.3 is 5.32 Å². The van der Waals surface area contributed by atoms with E-state index < -0.39 is 0 Å². The third-order valence-electron chi connectivity index (χ3n) is 2.90. The normalized spacial score (nSPS) is 12.8. The summed E-state index contributed by atoms with van der Waals surface area (Å²) >= 11 is 0. The zero-order chi connectivity index (χ0) is 13.5. The smallest absolute Gasteiger partial charge is 0.241 e. The molecule has 0 radical (unpaired) electrons. The summed E-state index contributed by atoms with van der Waals surface area (Å²) < 4.78 is 0. The number of hydrogen-bond acceptors (Lipinski definition) is 2. The summed E-state index contributed by atoms with van der Waals surface area (Å²) in [6.45, 7) is 5.06. The minimum absolute atomic E-state index is 0.0758. The van der Waals surface area contributed by atoms with Crippen molar-refractivity contribution < 1.29 is 4.79 Å². The standard InChI is InChI=1S/C15H24N2O/c1-12(2)10-11-16-15(18)14(17(3)4)13-8-6-5-7-9-13/h5-9,12,14H,10-11H2,1-4H3,(H,16,18). The van der Waals surface area contributed by atoms with Crippen LogP contribution in [0.3, 0.4) is 0 Å². The number of carbonyl (C=O) groups excluding carboxylic acids is 1. The SMILES string of the molecule is CC(C)CCNC(=O)C(c1ccccc1)N(C)C. The van der Waals surface area contributed by atoms with Crippen molar-refractivity contribution >= 4 is 5.91 Å². The lowest BCUT2D eigenvalue weighted by atomic mass is 10.1. The van der Waals surface area contributed by atoms with E-state index in [-0.39, 0.29) is 11.9 Å². The van der Waals surface area contributed by atoms with Gasteiger partial charge in [-0.05, 0) is 32.0 Å². The second kappa shape index (κ2) is 7.17. The van der Waals surface area contributed by atoms with Crippen LogP contribution < -0.4 is 5.32 Å². The van der Waals surface area contributed by atoms with Crippen LogP contribution in [-0.2, 0) is 4.79 Å². The van der Waals surface area contributed by atoms with E-state index in [0.717, 1.165) is 18.5 Å². The van der Waals surface area contributed by atoms with Gasteiger partial charge in [0.2, 0.25) is 5.91 Å². The molecule has 0 aliphatic heterocycles. The molecule has 0 fully saturated rings. The van der Waals surface area contributed by atoms with Crippen molar-refractivity contribution in [1.29, 1.82) is 0 Å². The number of likely N-dealkylation sites (N-methyl/N-ethyl adjacent to an activating group) is 1. The fraction of sp³-hybridized carbons (Fsp3) is 0.533. The third kappa shape index (κ3) is 4.49. The van der Waals surface area contributed by atoms with E-state index in [0.29, 0.717) is 5.92 Å². The zero-order valence-corrected chi connectivity index (χ0v) is 11.8. The van der Waals surface area contributed by atoms with Crippen LogP contribution >= 0.6 is 0 Å². The highest BCUT2D eigenvalue weighted by molar-refractivity contribution is 5.83. The molecule has 0 spiro atoms. The second-order valence-corrected chi connectivity index (χ2v) is 5.25. The molecule has 0 saturated heterocycles. The molecule has 1 atom stereocenters. The molecule has 0 aromatic heterocycles. The van der Waals surface area contributed by atoms with Gasteiger partial charge >= 0.3 is 0 Å². The lowest BCUT2D eigenvalue weighted by Crippen LogP contribution is -2.37. The summed E-state index contributed by atoms with van der Waals surface area (Å²) in [5, 5.41) is 3.01. The van der Waals surface area contributed by atoms with Gasteiger partial charge in [-0.25, -0.2) is 0 Å². The lowest BCUT2D eigenvalue weighted by Gasteiger charge is -2.24. The Bertz CT molecular complexity index is 360. The van der Waals surface area contributed by atoms with Crippen molar-refractivity contribution in [3.05, 3.63) is 35.9 Å². The van der Waals surface area contributed by atoms with Gasteiger partial charge in [-0.2, -0.15) is 0 Å². The number of amides is 1. The van der Waals surface area contributed by atoms with Crippen LogP contribution in [0.5, 0.6) is 0 Å². The fourth-order valence-corrected chi connectivity index (χ4v) is 1.90. The molecule has 1 amide bonds. The Kier molecular flexibility index (Phi) is 5.86. The minimum atomic E-state index is -0.210. The first-order chi connectivity index (χ1) is 8.52. The van der Waals surface area contributed by atoms with E-state index in [1.807, 2.05) is 49.3 Å². The van der Waals surface area contributed by atoms with Crippen LogP contribution in [-0.4, -0.2) is 31.4 Å². The van der Waals surface area contributed by atoms with Crippen LogP contribution in [0.4, 0.5) is 0 Å². The Labute approximate surface area is 110 Å². The largest absolute Gasteiger partial charge is 0.354 e. The first-order valence-corrected chi connectivity index (χ1v) is 6.51. The van der Waals surface area contributed by atoms with E-state index in [9.17, 15) is 4.79 Å². The Hall–Kier alpha value is -1.35. The van der Waals surface area contributed by atoms with Gasteiger partial charge in [0.15, 0.2) is 0 Å². The van der Waals surface area contributed by atoms with Gasteiger partial charge in [0.1, 0.15) is 6.04 Å². The molecule has 0 heterocycles. The summed E-state index contributed by atoms with van der Waals surface area (Å²) in [4.78, 5) is 14.2. The molecule has 3 heteroatoms. The molecule has 18 heavy (non-hydrogen) atoms. The van der Waals surface area contributed by atoms with Crippen LogP contribution in [0.1, 0.15) is 31.9 Å². The van der Waals surface area contributed by atoms with E-state index >= 15 is 0 Å². The van der Waals surface area contributed by atoms with Crippen molar-refractivity contribution in [1.82, 2.24) is 10.2 Å². The molecule has 1 aromatic carbocycles. The second-order valence-electron chi connectivity index (χ2n) is 5.25.